The topological polar surface area (TPSA) is 53.9 Å². The number of rotatable bonds is 5. The van der Waals surface area contributed by atoms with Gasteiger partial charge in [0, 0.05) is 25.9 Å². The molecule has 1 aromatic carbocycles. The molecule has 0 bridgehead atoms. The number of anilines is 2. The fourth-order valence-electron chi connectivity index (χ4n) is 2.25. The maximum absolute atomic E-state index is 13.9. The molecule has 3 aromatic rings. The lowest BCUT2D eigenvalue weighted by molar-refractivity contribution is 0.630. The van der Waals surface area contributed by atoms with Crippen molar-refractivity contribution in [3.8, 4) is 11.3 Å². The molecule has 1 N–H and O–H groups in total. The summed E-state index contributed by atoms with van der Waals surface area (Å²) in [6.07, 6.45) is 1.61. The first-order chi connectivity index (χ1) is 11.6. The average molecular weight is 323 g/mol. The lowest BCUT2D eigenvalue weighted by atomic mass is 10.1. The van der Waals surface area contributed by atoms with Crippen molar-refractivity contribution in [2.45, 2.75) is 6.54 Å². The normalized spacial score (nSPS) is 10.5. The summed E-state index contributed by atoms with van der Waals surface area (Å²) >= 11 is 0. The van der Waals surface area contributed by atoms with Crippen molar-refractivity contribution in [1.29, 1.82) is 0 Å². The van der Waals surface area contributed by atoms with E-state index in [9.17, 15) is 4.39 Å². The molecule has 0 radical (unpaired) electrons. The molecule has 0 saturated carbocycles. The number of benzene rings is 1. The zero-order chi connectivity index (χ0) is 16.9. The molecular weight excluding hydrogens is 305 g/mol. The van der Waals surface area contributed by atoms with Crippen LogP contribution in [0.15, 0.2) is 54.7 Å². The van der Waals surface area contributed by atoms with Gasteiger partial charge < -0.3 is 10.2 Å². The Kier molecular flexibility index (Phi) is 4.65. The lowest BCUT2D eigenvalue weighted by Crippen LogP contribution is -2.12. The van der Waals surface area contributed by atoms with Crippen LogP contribution in [0.5, 0.6) is 0 Å². The second-order valence-electron chi connectivity index (χ2n) is 5.48. The average Bonchev–Trinajstić information content (AvgIpc) is 2.61. The molecule has 3 rings (SSSR count). The van der Waals surface area contributed by atoms with Crippen LogP contribution in [0, 0.1) is 5.82 Å². The first-order valence-corrected chi connectivity index (χ1v) is 7.58. The second kappa shape index (κ2) is 7.04. The van der Waals surface area contributed by atoms with Crippen LogP contribution in [0.2, 0.25) is 0 Å². The summed E-state index contributed by atoms with van der Waals surface area (Å²) in [6, 6.07) is 14.1. The van der Waals surface area contributed by atoms with Crippen LogP contribution in [0.4, 0.5) is 16.2 Å². The summed E-state index contributed by atoms with van der Waals surface area (Å²) in [6.45, 7) is 0.488. The van der Waals surface area contributed by atoms with E-state index in [0.29, 0.717) is 23.8 Å². The maximum Gasteiger partial charge on any atom is 0.223 e. The Morgan fingerprint density at radius 3 is 2.62 bits per heavy atom. The van der Waals surface area contributed by atoms with Gasteiger partial charge in [-0.2, -0.15) is 0 Å². The van der Waals surface area contributed by atoms with Crippen molar-refractivity contribution in [3.05, 3.63) is 66.2 Å². The van der Waals surface area contributed by atoms with E-state index in [-0.39, 0.29) is 5.82 Å². The van der Waals surface area contributed by atoms with E-state index in [1.54, 1.807) is 30.5 Å². The van der Waals surface area contributed by atoms with Gasteiger partial charge >= 0.3 is 0 Å². The van der Waals surface area contributed by atoms with Crippen LogP contribution in [-0.2, 0) is 6.54 Å². The number of nitrogens with zero attached hydrogens (tertiary/aromatic N) is 4. The van der Waals surface area contributed by atoms with Crippen LogP contribution < -0.4 is 10.2 Å². The molecule has 0 fully saturated rings. The van der Waals surface area contributed by atoms with Crippen molar-refractivity contribution in [2.24, 2.45) is 0 Å². The first-order valence-electron chi connectivity index (χ1n) is 7.58. The van der Waals surface area contributed by atoms with Gasteiger partial charge in [0.15, 0.2) is 0 Å². The smallest absolute Gasteiger partial charge is 0.223 e. The molecule has 0 atom stereocenters. The molecule has 0 unspecified atom stereocenters. The fourth-order valence-corrected chi connectivity index (χ4v) is 2.25. The van der Waals surface area contributed by atoms with Gasteiger partial charge in [0.25, 0.3) is 0 Å². The molecule has 2 heterocycles. The van der Waals surface area contributed by atoms with E-state index < -0.39 is 0 Å². The molecule has 24 heavy (non-hydrogen) atoms. The molecule has 2 aromatic heterocycles. The SMILES string of the molecule is CN(C)c1cccc(CNc2nccc(-c3ccccc3F)n2)n1. The maximum atomic E-state index is 13.9. The highest BCUT2D eigenvalue weighted by atomic mass is 19.1. The van der Waals surface area contributed by atoms with Crippen molar-refractivity contribution in [2.75, 3.05) is 24.3 Å². The summed E-state index contributed by atoms with van der Waals surface area (Å²) in [5, 5.41) is 3.13. The van der Waals surface area contributed by atoms with Gasteiger partial charge in [0.2, 0.25) is 5.95 Å². The highest BCUT2D eigenvalue weighted by Gasteiger charge is 2.07. The summed E-state index contributed by atoms with van der Waals surface area (Å²) in [4.78, 5) is 15.0. The summed E-state index contributed by atoms with van der Waals surface area (Å²) < 4.78 is 13.9. The van der Waals surface area contributed by atoms with Crippen molar-refractivity contribution < 1.29 is 4.39 Å². The van der Waals surface area contributed by atoms with E-state index in [1.807, 2.05) is 37.2 Å². The molecule has 0 amide bonds. The van der Waals surface area contributed by atoms with E-state index in [0.717, 1.165) is 11.5 Å². The second-order valence-corrected chi connectivity index (χ2v) is 5.48. The van der Waals surface area contributed by atoms with Gasteiger partial charge in [0.05, 0.1) is 17.9 Å². The molecule has 5 nitrogen and oxygen atoms in total. The molecule has 122 valence electrons. The molecule has 0 aliphatic carbocycles. The van der Waals surface area contributed by atoms with Gasteiger partial charge in [-0.05, 0) is 30.3 Å². The molecule has 0 spiro atoms. The number of halogens is 1. The van der Waals surface area contributed by atoms with Gasteiger partial charge in [-0.25, -0.2) is 19.3 Å². The van der Waals surface area contributed by atoms with Gasteiger partial charge in [-0.1, -0.05) is 18.2 Å². The monoisotopic (exact) mass is 323 g/mol. The Balaban J connectivity index is 1.76. The molecule has 0 saturated heterocycles. The van der Waals surface area contributed by atoms with Crippen LogP contribution in [0.1, 0.15) is 5.69 Å². The fraction of sp³-hybridized carbons (Fsp3) is 0.167. The van der Waals surface area contributed by atoms with Crippen LogP contribution in [0.25, 0.3) is 11.3 Å². The standard InChI is InChI=1S/C18H18FN5/c1-24(2)17-9-5-6-13(22-17)12-21-18-20-11-10-16(23-18)14-7-3-4-8-15(14)19/h3-11H,12H2,1-2H3,(H,20,21,23). The summed E-state index contributed by atoms with van der Waals surface area (Å²) in [5.41, 5.74) is 1.87. The third kappa shape index (κ3) is 3.65. The molecule has 0 aliphatic heterocycles. The van der Waals surface area contributed by atoms with Crippen LogP contribution in [-0.4, -0.2) is 29.0 Å². The predicted molar refractivity (Wildman–Crippen MR) is 93.3 cm³/mol. The van der Waals surface area contributed by atoms with E-state index in [1.165, 1.54) is 6.07 Å². The molecular formula is C18H18FN5. The quantitative estimate of drug-likeness (QED) is 0.780. The van der Waals surface area contributed by atoms with Gasteiger partial charge in [0.1, 0.15) is 11.6 Å². The third-order valence-corrected chi connectivity index (χ3v) is 3.48. The van der Waals surface area contributed by atoms with E-state index >= 15 is 0 Å². The minimum atomic E-state index is -0.303. The summed E-state index contributed by atoms with van der Waals surface area (Å²) in [7, 11) is 3.89. The van der Waals surface area contributed by atoms with Gasteiger partial charge in [-0.3, -0.25) is 0 Å². The first kappa shape index (κ1) is 15.9. The Hall–Kier alpha value is -3.02. The number of nitrogens with one attached hydrogen (secondary N) is 1. The number of hydrogen-bond acceptors (Lipinski definition) is 5. The highest BCUT2D eigenvalue weighted by Crippen LogP contribution is 2.21. The molecule has 0 aliphatic rings. The minimum Gasteiger partial charge on any atom is -0.363 e. The predicted octanol–water partition coefficient (Wildman–Crippen LogP) is 3.36. The van der Waals surface area contributed by atoms with Crippen molar-refractivity contribution in [3.63, 3.8) is 0 Å². The van der Waals surface area contributed by atoms with E-state index in [2.05, 4.69) is 20.3 Å². The van der Waals surface area contributed by atoms with Gasteiger partial charge in [-0.15, -0.1) is 0 Å². The largest absolute Gasteiger partial charge is 0.363 e. The Morgan fingerprint density at radius 1 is 1.00 bits per heavy atom. The zero-order valence-electron chi connectivity index (χ0n) is 13.6. The zero-order valence-corrected chi connectivity index (χ0v) is 13.6. The van der Waals surface area contributed by atoms with Crippen molar-refractivity contribution in [1.82, 2.24) is 15.0 Å². The van der Waals surface area contributed by atoms with Crippen molar-refractivity contribution >= 4 is 11.8 Å². The number of pyridine rings is 1. The lowest BCUT2D eigenvalue weighted by Gasteiger charge is -2.12. The van der Waals surface area contributed by atoms with Crippen LogP contribution >= 0.6 is 0 Å². The Morgan fingerprint density at radius 2 is 1.83 bits per heavy atom. The third-order valence-electron chi connectivity index (χ3n) is 3.48. The van der Waals surface area contributed by atoms with Crippen LogP contribution in [0.3, 0.4) is 0 Å². The Labute approximate surface area is 140 Å². The Bertz CT molecular complexity index is 835. The highest BCUT2D eigenvalue weighted by molar-refractivity contribution is 5.60. The number of aromatic nitrogens is 3. The molecule has 6 heteroatoms. The number of hydrogen-bond donors (Lipinski definition) is 1. The minimum absolute atomic E-state index is 0.303. The van der Waals surface area contributed by atoms with E-state index in [4.69, 9.17) is 0 Å². The summed E-state index contributed by atoms with van der Waals surface area (Å²) in [5.74, 6) is 1.02.